The van der Waals surface area contributed by atoms with Crippen molar-refractivity contribution in [3.8, 4) is 0 Å². The molecule has 8 nitrogen and oxygen atoms in total. The minimum absolute atomic E-state index is 0.164. The number of methoxy groups -OCH3 is 1. The lowest BCUT2D eigenvalue weighted by Crippen LogP contribution is -2.36. The molecular weight excluding hydrogens is 368 g/mol. The van der Waals surface area contributed by atoms with Gasteiger partial charge in [0.05, 0.1) is 19.0 Å². The van der Waals surface area contributed by atoms with Crippen molar-refractivity contribution >= 4 is 45.7 Å². The van der Waals surface area contributed by atoms with Gasteiger partial charge in [0.25, 0.3) is 5.91 Å². The number of hydrogen-bond donors (Lipinski definition) is 1. The van der Waals surface area contributed by atoms with Crippen molar-refractivity contribution in [3.63, 3.8) is 0 Å². The van der Waals surface area contributed by atoms with Gasteiger partial charge >= 0.3 is 5.97 Å². The molecule has 0 fully saturated rings. The Morgan fingerprint density at radius 1 is 1.26 bits per heavy atom. The van der Waals surface area contributed by atoms with Gasteiger partial charge in [-0.2, -0.15) is 5.10 Å². The minimum Gasteiger partial charge on any atom is -0.465 e. The second-order valence-corrected chi connectivity index (χ2v) is 7.05. The molecule has 9 heteroatoms. The van der Waals surface area contributed by atoms with Gasteiger partial charge in [0.15, 0.2) is 5.13 Å². The maximum absolute atomic E-state index is 12.5. The number of thiazole rings is 1. The number of hydrazone groups is 1. The van der Waals surface area contributed by atoms with Crippen molar-refractivity contribution in [2.45, 2.75) is 26.7 Å². The van der Waals surface area contributed by atoms with Crippen LogP contribution in [0, 0.1) is 13.8 Å². The van der Waals surface area contributed by atoms with Crippen LogP contribution in [0.15, 0.2) is 29.5 Å². The highest BCUT2D eigenvalue weighted by molar-refractivity contribution is 7.17. The van der Waals surface area contributed by atoms with E-state index in [9.17, 15) is 14.4 Å². The lowest BCUT2D eigenvalue weighted by molar-refractivity contribution is -0.118. The lowest BCUT2D eigenvalue weighted by Gasteiger charge is -2.24. The number of nitrogens with zero attached hydrogens (tertiary/aromatic N) is 3. The SMILES string of the molecule is COC(=O)c1cnc(NC(=O)C2=NN(c3cc(C)ccc3C)C(=O)CC2)s1. The third-order valence-electron chi connectivity index (χ3n) is 4.00. The smallest absolute Gasteiger partial charge is 0.349 e. The molecule has 27 heavy (non-hydrogen) atoms. The average molecular weight is 386 g/mol. The maximum atomic E-state index is 12.5. The van der Waals surface area contributed by atoms with Gasteiger partial charge < -0.3 is 4.74 Å². The van der Waals surface area contributed by atoms with Gasteiger partial charge in [-0.1, -0.05) is 23.5 Å². The van der Waals surface area contributed by atoms with E-state index in [4.69, 9.17) is 0 Å². The first kappa shape index (κ1) is 18.7. The summed E-state index contributed by atoms with van der Waals surface area (Å²) in [5.41, 5.74) is 2.77. The summed E-state index contributed by atoms with van der Waals surface area (Å²) in [5.74, 6) is -1.14. The Labute approximate surface area is 159 Å². The summed E-state index contributed by atoms with van der Waals surface area (Å²) in [6.07, 6.45) is 1.76. The summed E-state index contributed by atoms with van der Waals surface area (Å²) in [7, 11) is 1.27. The number of hydrogen-bond acceptors (Lipinski definition) is 7. The van der Waals surface area contributed by atoms with Crippen LogP contribution in [0.5, 0.6) is 0 Å². The molecule has 0 saturated carbocycles. The Hall–Kier alpha value is -3.07. The molecule has 0 saturated heterocycles. The number of aryl methyl sites for hydroxylation is 2. The molecule has 1 aromatic heterocycles. The van der Waals surface area contributed by atoms with Gasteiger partial charge in [0.2, 0.25) is 5.91 Å². The van der Waals surface area contributed by atoms with E-state index in [1.807, 2.05) is 32.0 Å². The van der Waals surface area contributed by atoms with E-state index in [0.717, 1.165) is 22.5 Å². The number of rotatable bonds is 4. The standard InChI is InChI=1S/C18H18N4O4S/c1-10-4-5-11(2)13(8-10)22-15(23)7-6-12(21-22)16(24)20-18-19-9-14(27-18)17(25)26-3/h4-5,8-9H,6-7H2,1-3H3,(H,19,20,24). The van der Waals surface area contributed by atoms with Gasteiger partial charge in [0, 0.05) is 12.8 Å². The molecule has 0 aliphatic carbocycles. The summed E-state index contributed by atoms with van der Waals surface area (Å²) in [4.78, 5) is 40.6. The molecule has 1 aliphatic heterocycles. The third kappa shape index (κ3) is 4.03. The van der Waals surface area contributed by atoms with Crippen molar-refractivity contribution in [1.82, 2.24) is 4.98 Å². The molecule has 1 N–H and O–H groups in total. The molecule has 0 bridgehead atoms. The number of carbonyl (C=O) groups excluding carboxylic acids is 3. The van der Waals surface area contributed by atoms with E-state index in [2.05, 4.69) is 20.1 Å². The number of esters is 1. The number of anilines is 2. The highest BCUT2D eigenvalue weighted by Crippen LogP contribution is 2.26. The second-order valence-electron chi connectivity index (χ2n) is 6.02. The molecule has 2 heterocycles. The molecule has 2 amide bonds. The zero-order chi connectivity index (χ0) is 19.6. The monoisotopic (exact) mass is 386 g/mol. The summed E-state index contributed by atoms with van der Waals surface area (Å²) < 4.78 is 4.62. The predicted octanol–water partition coefficient (Wildman–Crippen LogP) is 2.67. The summed E-state index contributed by atoms with van der Waals surface area (Å²) in [6.45, 7) is 3.81. The molecular formula is C18H18N4O4S. The van der Waals surface area contributed by atoms with Crippen LogP contribution in [-0.4, -0.2) is 35.6 Å². The van der Waals surface area contributed by atoms with Crippen molar-refractivity contribution in [3.05, 3.63) is 40.4 Å². The molecule has 1 aromatic carbocycles. The fourth-order valence-electron chi connectivity index (χ4n) is 2.55. The zero-order valence-corrected chi connectivity index (χ0v) is 15.9. The van der Waals surface area contributed by atoms with Crippen LogP contribution in [0.25, 0.3) is 0 Å². The number of carbonyl (C=O) groups is 3. The Morgan fingerprint density at radius 2 is 2.04 bits per heavy atom. The van der Waals surface area contributed by atoms with Gasteiger partial charge in [-0.05, 0) is 31.0 Å². The average Bonchev–Trinajstić information content (AvgIpc) is 3.12. The molecule has 1 aliphatic rings. The van der Waals surface area contributed by atoms with E-state index in [-0.39, 0.29) is 34.5 Å². The topological polar surface area (TPSA) is 101 Å². The Morgan fingerprint density at radius 3 is 2.78 bits per heavy atom. The maximum Gasteiger partial charge on any atom is 0.349 e. The Bertz CT molecular complexity index is 951. The first-order valence-electron chi connectivity index (χ1n) is 8.22. The van der Waals surface area contributed by atoms with Crippen molar-refractivity contribution in [2.75, 3.05) is 17.4 Å². The molecule has 0 atom stereocenters. The van der Waals surface area contributed by atoms with Gasteiger partial charge in [0.1, 0.15) is 10.6 Å². The summed E-state index contributed by atoms with van der Waals surface area (Å²) in [5, 5.41) is 8.42. The van der Waals surface area contributed by atoms with Crippen LogP contribution < -0.4 is 10.3 Å². The van der Waals surface area contributed by atoms with Gasteiger partial charge in [-0.15, -0.1) is 0 Å². The van der Waals surface area contributed by atoms with Crippen LogP contribution in [0.2, 0.25) is 0 Å². The van der Waals surface area contributed by atoms with Gasteiger partial charge in [-0.25, -0.2) is 14.8 Å². The Kier molecular flexibility index (Phi) is 5.31. The first-order valence-corrected chi connectivity index (χ1v) is 9.04. The molecule has 0 spiro atoms. The summed E-state index contributed by atoms with van der Waals surface area (Å²) in [6, 6.07) is 5.72. The quantitative estimate of drug-likeness (QED) is 0.814. The van der Waals surface area contributed by atoms with Crippen LogP contribution >= 0.6 is 11.3 Å². The van der Waals surface area contributed by atoms with Crippen LogP contribution in [0.4, 0.5) is 10.8 Å². The van der Waals surface area contributed by atoms with E-state index in [1.54, 1.807) is 0 Å². The van der Waals surface area contributed by atoms with Crippen LogP contribution in [0.3, 0.4) is 0 Å². The van der Waals surface area contributed by atoms with Gasteiger partial charge in [-0.3, -0.25) is 14.9 Å². The predicted molar refractivity (Wildman–Crippen MR) is 102 cm³/mol. The molecule has 2 aromatic rings. The third-order valence-corrected chi connectivity index (χ3v) is 4.89. The second kappa shape index (κ2) is 7.67. The normalized spacial score (nSPS) is 14.0. The van der Waals surface area contributed by atoms with Crippen LogP contribution in [-0.2, 0) is 14.3 Å². The summed E-state index contributed by atoms with van der Waals surface area (Å²) >= 11 is 1.01. The van der Waals surface area contributed by atoms with Crippen molar-refractivity contribution in [2.24, 2.45) is 5.10 Å². The molecule has 0 radical (unpaired) electrons. The number of aromatic nitrogens is 1. The molecule has 140 valence electrons. The van der Waals surface area contributed by atoms with Crippen LogP contribution in [0.1, 0.15) is 33.6 Å². The highest BCUT2D eigenvalue weighted by atomic mass is 32.1. The van der Waals surface area contributed by atoms with Crippen molar-refractivity contribution in [1.29, 1.82) is 0 Å². The fraction of sp³-hybridized carbons (Fsp3) is 0.278. The number of nitrogens with one attached hydrogen (secondary N) is 1. The highest BCUT2D eigenvalue weighted by Gasteiger charge is 2.27. The number of benzene rings is 1. The fourth-order valence-corrected chi connectivity index (χ4v) is 3.28. The largest absolute Gasteiger partial charge is 0.465 e. The first-order chi connectivity index (χ1) is 12.9. The zero-order valence-electron chi connectivity index (χ0n) is 15.1. The van der Waals surface area contributed by atoms with E-state index < -0.39 is 11.9 Å². The lowest BCUT2D eigenvalue weighted by atomic mass is 10.1. The Balaban J connectivity index is 1.82. The van der Waals surface area contributed by atoms with Crippen molar-refractivity contribution < 1.29 is 19.1 Å². The van der Waals surface area contributed by atoms with E-state index in [1.165, 1.54) is 18.3 Å². The molecule has 0 unspecified atom stereocenters. The number of amides is 2. The van der Waals surface area contributed by atoms with E-state index >= 15 is 0 Å². The number of ether oxygens (including phenoxy) is 1. The van der Waals surface area contributed by atoms with E-state index in [0.29, 0.717) is 5.69 Å². The molecule has 3 rings (SSSR count). The minimum atomic E-state index is -0.519.